The van der Waals surface area contributed by atoms with Crippen LogP contribution in [0.5, 0.6) is 5.75 Å². The van der Waals surface area contributed by atoms with Crippen molar-refractivity contribution < 1.29 is 23.5 Å². The molecule has 2 aromatic carbocycles. The summed E-state index contributed by atoms with van der Waals surface area (Å²) >= 11 is 17.9. The second kappa shape index (κ2) is 11.2. The molecular weight excluding hydrogens is 491 g/mol. The quantitative estimate of drug-likeness (QED) is 0.228. The SMILES string of the molecule is CC(C)OC(=O)c1ccc(Cl)cc1-c1ccc(/C=N\NC(=O)COc2ccc(Cl)cc2Cl)o1. The van der Waals surface area contributed by atoms with Crippen molar-refractivity contribution in [3.63, 3.8) is 0 Å². The molecule has 1 heterocycles. The van der Waals surface area contributed by atoms with Gasteiger partial charge in [-0.2, -0.15) is 5.10 Å². The monoisotopic (exact) mass is 508 g/mol. The van der Waals surface area contributed by atoms with Gasteiger partial charge in [0.1, 0.15) is 17.3 Å². The predicted octanol–water partition coefficient (Wildman–Crippen LogP) is 6.00. The van der Waals surface area contributed by atoms with Gasteiger partial charge in [-0.05, 0) is 62.4 Å². The molecule has 0 spiro atoms. The largest absolute Gasteiger partial charge is 0.482 e. The fraction of sp³-hybridized carbons (Fsp3) is 0.174. The van der Waals surface area contributed by atoms with Crippen LogP contribution in [0.25, 0.3) is 11.3 Å². The summed E-state index contributed by atoms with van der Waals surface area (Å²) in [5, 5.41) is 5.03. The summed E-state index contributed by atoms with van der Waals surface area (Å²) in [4.78, 5) is 24.3. The normalized spacial score (nSPS) is 11.1. The number of nitrogens with one attached hydrogen (secondary N) is 1. The van der Waals surface area contributed by atoms with Gasteiger partial charge in [-0.1, -0.05) is 34.8 Å². The van der Waals surface area contributed by atoms with E-state index in [0.717, 1.165) is 0 Å². The summed E-state index contributed by atoms with van der Waals surface area (Å²) in [7, 11) is 0. The lowest BCUT2D eigenvalue weighted by Gasteiger charge is -2.11. The molecule has 172 valence electrons. The van der Waals surface area contributed by atoms with E-state index in [1.54, 1.807) is 56.3 Å². The fourth-order valence-electron chi connectivity index (χ4n) is 2.68. The highest BCUT2D eigenvalue weighted by Crippen LogP contribution is 2.29. The maximum Gasteiger partial charge on any atom is 0.339 e. The molecule has 1 N–H and O–H groups in total. The third kappa shape index (κ3) is 6.99. The molecule has 1 amide bonds. The summed E-state index contributed by atoms with van der Waals surface area (Å²) < 4.78 is 16.3. The molecule has 0 atom stereocenters. The summed E-state index contributed by atoms with van der Waals surface area (Å²) in [5.41, 5.74) is 3.12. The van der Waals surface area contributed by atoms with Gasteiger partial charge in [0.05, 0.1) is 22.9 Å². The highest BCUT2D eigenvalue weighted by molar-refractivity contribution is 6.35. The zero-order chi connectivity index (χ0) is 24.0. The van der Waals surface area contributed by atoms with Crippen LogP contribution >= 0.6 is 34.8 Å². The maximum absolute atomic E-state index is 12.4. The first-order valence-electron chi connectivity index (χ1n) is 9.73. The first-order chi connectivity index (χ1) is 15.7. The number of rotatable bonds is 8. The number of carbonyl (C=O) groups excluding carboxylic acids is 2. The summed E-state index contributed by atoms with van der Waals surface area (Å²) in [5.74, 6) is 0.0648. The number of ether oxygens (including phenoxy) is 2. The molecule has 0 unspecified atom stereocenters. The van der Waals surface area contributed by atoms with E-state index in [2.05, 4.69) is 10.5 Å². The van der Waals surface area contributed by atoms with E-state index >= 15 is 0 Å². The van der Waals surface area contributed by atoms with E-state index in [-0.39, 0.29) is 12.7 Å². The van der Waals surface area contributed by atoms with E-state index in [1.807, 2.05) is 0 Å². The Kier molecular flexibility index (Phi) is 8.38. The Balaban J connectivity index is 1.63. The summed E-state index contributed by atoms with van der Waals surface area (Å²) in [6.45, 7) is 3.22. The minimum atomic E-state index is -0.502. The number of hydrazone groups is 1. The van der Waals surface area contributed by atoms with Crippen molar-refractivity contribution in [3.05, 3.63) is 74.9 Å². The number of amides is 1. The minimum absolute atomic E-state index is 0.274. The first-order valence-corrected chi connectivity index (χ1v) is 10.9. The summed E-state index contributed by atoms with van der Waals surface area (Å²) in [6, 6.07) is 12.7. The molecule has 0 saturated heterocycles. The van der Waals surface area contributed by atoms with Gasteiger partial charge in [0.2, 0.25) is 0 Å². The lowest BCUT2D eigenvalue weighted by molar-refractivity contribution is -0.123. The molecule has 0 aliphatic carbocycles. The first kappa shape index (κ1) is 24.6. The van der Waals surface area contributed by atoms with Crippen molar-refractivity contribution in [2.24, 2.45) is 5.10 Å². The zero-order valence-corrected chi connectivity index (χ0v) is 19.9. The molecule has 7 nitrogen and oxygen atoms in total. The lowest BCUT2D eigenvalue weighted by atomic mass is 10.1. The Morgan fingerprint density at radius 1 is 1.06 bits per heavy atom. The Bertz CT molecular complexity index is 1190. The van der Waals surface area contributed by atoms with Crippen molar-refractivity contribution in [2.45, 2.75) is 20.0 Å². The van der Waals surface area contributed by atoms with Crippen LogP contribution in [0.4, 0.5) is 0 Å². The van der Waals surface area contributed by atoms with Crippen LogP contribution in [-0.4, -0.2) is 30.8 Å². The standard InChI is InChI=1S/C23H19Cl3N2O5/c1-13(2)32-23(30)17-6-3-14(24)9-18(17)20-8-5-16(33-20)11-27-28-22(29)12-31-21-7-4-15(25)10-19(21)26/h3-11,13H,12H2,1-2H3,(H,28,29)/b27-11-. The van der Waals surface area contributed by atoms with E-state index in [0.29, 0.717) is 43.5 Å². The van der Waals surface area contributed by atoms with Gasteiger partial charge in [0.15, 0.2) is 6.61 Å². The maximum atomic E-state index is 12.4. The number of nitrogens with zero attached hydrogens (tertiary/aromatic N) is 1. The van der Waals surface area contributed by atoms with Gasteiger partial charge >= 0.3 is 5.97 Å². The number of benzene rings is 2. The average molecular weight is 510 g/mol. The Hall–Kier alpha value is -3.00. The van der Waals surface area contributed by atoms with Crippen LogP contribution in [-0.2, 0) is 9.53 Å². The number of hydrogen-bond acceptors (Lipinski definition) is 6. The molecule has 0 bridgehead atoms. The van der Waals surface area contributed by atoms with Gasteiger partial charge in [-0.15, -0.1) is 0 Å². The van der Waals surface area contributed by atoms with Gasteiger partial charge in [-0.25, -0.2) is 10.2 Å². The lowest BCUT2D eigenvalue weighted by Crippen LogP contribution is -2.24. The molecule has 0 fully saturated rings. The van der Waals surface area contributed by atoms with E-state index in [1.165, 1.54) is 12.3 Å². The highest BCUT2D eigenvalue weighted by Gasteiger charge is 2.18. The predicted molar refractivity (Wildman–Crippen MR) is 127 cm³/mol. The third-order valence-electron chi connectivity index (χ3n) is 4.07. The second-order valence-corrected chi connectivity index (χ2v) is 8.28. The molecule has 0 aliphatic heterocycles. The summed E-state index contributed by atoms with van der Waals surface area (Å²) in [6.07, 6.45) is 1.04. The number of halogens is 3. The van der Waals surface area contributed by atoms with Crippen molar-refractivity contribution in [3.8, 4) is 17.1 Å². The van der Waals surface area contributed by atoms with Crippen molar-refractivity contribution >= 4 is 52.9 Å². The molecule has 3 rings (SSSR count). The molecule has 33 heavy (non-hydrogen) atoms. The van der Waals surface area contributed by atoms with Gasteiger partial charge in [0.25, 0.3) is 5.91 Å². The zero-order valence-electron chi connectivity index (χ0n) is 17.6. The van der Waals surface area contributed by atoms with Crippen LogP contribution in [0.15, 0.2) is 58.0 Å². The van der Waals surface area contributed by atoms with E-state index < -0.39 is 11.9 Å². The van der Waals surface area contributed by atoms with Crippen LogP contribution < -0.4 is 10.2 Å². The molecule has 0 radical (unpaired) electrons. The second-order valence-electron chi connectivity index (χ2n) is 7.00. The molecule has 0 saturated carbocycles. The molecule has 0 aliphatic rings. The third-order valence-corrected chi connectivity index (χ3v) is 4.84. The van der Waals surface area contributed by atoms with Gasteiger partial charge in [-0.3, -0.25) is 4.79 Å². The van der Waals surface area contributed by atoms with Crippen LogP contribution in [0.3, 0.4) is 0 Å². The van der Waals surface area contributed by atoms with Gasteiger partial charge in [0, 0.05) is 15.6 Å². The highest BCUT2D eigenvalue weighted by atomic mass is 35.5. The van der Waals surface area contributed by atoms with Crippen LogP contribution in [0.1, 0.15) is 30.0 Å². The van der Waals surface area contributed by atoms with E-state index in [4.69, 9.17) is 48.7 Å². The van der Waals surface area contributed by atoms with Crippen LogP contribution in [0, 0.1) is 0 Å². The van der Waals surface area contributed by atoms with Gasteiger partial charge < -0.3 is 13.9 Å². The molecule has 1 aromatic heterocycles. The smallest absolute Gasteiger partial charge is 0.339 e. The Morgan fingerprint density at radius 3 is 2.52 bits per heavy atom. The van der Waals surface area contributed by atoms with E-state index in [9.17, 15) is 9.59 Å². The minimum Gasteiger partial charge on any atom is -0.482 e. The average Bonchev–Trinajstić information content (AvgIpc) is 3.21. The van der Waals surface area contributed by atoms with Crippen molar-refractivity contribution in [2.75, 3.05) is 6.61 Å². The molecular formula is C23H19Cl3N2O5. The number of hydrogen-bond donors (Lipinski definition) is 1. The number of furan rings is 1. The Labute approximate surface area is 205 Å². The number of carbonyl (C=O) groups is 2. The van der Waals surface area contributed by atoms with Crippen LogP contribution in [0.2, 0.25) is 15.1 Å². The molecule has 10 heteroatoms. The van der Waals surface area contributed by atoms with Crippen molar-refractivity contribution in [1.82, 2.24) is 5.43 Å². The molecule has 3 aromatic rings. The van der Waals surface area contributed by atoms with Crippen molar-refractivity contribution in [1.29, 1.82) is 0 Å². The fourth-order valence-corrected chi connectivity index (χ4v) is 3.31. The number of esters is 1. The topological polar surface area (TPSA) is 90.1 Å². The Morgan fingerprint density at radius 2 is 1.79 bits per heavy atom.